The zero-order valence-corrected chi connectivity index (χ0v) is 16.3. The number of hydrogen-bond donors (Lipinski definition) is 0. The van der Waals surface area contributed by atoms with Gasteiger partial charge in [0.05, 0.1) is 18.3 Å². The van der Waals surface area contributed by atoms with Gasteiger partial charge in [-0.15, -0.1) is 0 Å². The Hall–Kier alpha value is -2.56. The van der Waals surface area contributed by atoms with Gasteiger partial charge in [-0.3, -0.25) is 9.48 Å². The maximum atomic E-state index is 12.9. The van der Waals surface area contributed by atoms with Crippen LogP contribution in [0.15, 0.2) is 6.07 Å². The number of carbonyl (C=O) groups excluding carboxylic acids is 2. The Morgan fingerprint density at radius 1 is 1.35 bits per heavy atom. The number of amides is 2. The predicted octanol–water partition coefficient (Wildman–Crippen LogP) is 2.03. The molecule has 26 heavy (non-hydrogen) atoms. The van der Waals surface area contributed by atoms with Crippen molar-refractivity contribution in [3.05, 3.63) is 17.5 Å². The van der Waals surface area contributed by atoms with Crippen LogP contribution in [0.25, 0.3) is 0 Å². The summed E-state index contributed by atoms with van der Waals surface area (Å²) in [7, 11) is 0. The molecule has 1 aliphatic heterocycles. The third-order valence-corrected chi connectivity index (χ3v) is 4.23. The van der Waals surface area contributed by atoms with Crippen molar-refractivity contribution < 1.29 is 14.3 Å². The largest absolute Gasteiger partial charge is 0.444 e. The summed E-state index contributed by atoms with van der Waals surface area (Å²) in [6.45, 7) is 11.7. The molecule has 0 bridgehead atoms. The molecule has 0 unspecified atom stereocenters. The van der Waals surface area contributed by atoms with Gasteiger partial charge in [0.1, 0.15) is 17.7 Å². The van der Waals surface area contributed by atoms with E-state index in [9.17, 15) is 14.9 Å². The lowest BCUT2D eigenvalue weighted by Gasteiger charge is -2.39. The predicted molar refractivity (Wildman–Crippen MR) is 95.3 cm³/mol. The molecule has 0 radical (unpaired) electrons. The number of piperazine rings is 1. The number of aryl methyl sites for hydroxylation is 2. The molecular weight excluding hydrogens is 334 g/mol. The molecule has 8 nitrogen and oxygen atoms in total. The standard InChI is InChI=1S/C18H27N5O3/c1-12-9-13(2)23(20-12)14(3)16(24)22-8-7-21(11-15(22)10-19)17(25)26-18(4,5)6/h9,14-15H,7-8,11H2,1-6H3/t14-,15+/m0/s1. The van der Waals surface area contributed by atoms with Gasteiger partial charge in [-0.1, -0.05) is 0 Å². The number of hydrogen-bond acceptors (Lipinski definition) is 5. The van der Waals surface area contributed by atoms with Crippen molar-refractivity contribution in [2.24, 2.45) is 0 Å². The summed E-state index contributed by atoms with van der Waals surface area (Å²) in [5.74, 6) is -0.174. The third-order valence-electron chi connectivity index (χ3n) is 4.23. The number of carbonyl (C=O) groups is 2. The Morgan fingerprint density at radius 3 is 2.50 bits per heavy atom. The molecule has 0 spiro atoms. The molecule has 1 aliphatic rings. The quantitative estimate of drug-likeness (QED) is 0.804. The van der Waals surface area contributed by atoms with Crippen molar-refractivity contribution in [3.63, 3.8) is 0 Å². The first-order valence-corrected chi connectivity index (χ1v) is 8.74. The lowest BCUT2D eigenvalue weighted by molar-refractivity contribution is -0.138. The smallest absolute Gasteiger partial charge is 0.410 e. The van der Waals surface area contributed by atoms with Crippen LogP contribution in [0.3, 0.4) is 0 Å². The van der Waals surface area contributed by atoms with Gasteiger partial charge in [-0.05, 0) is 47.6 Å². The van der Waals surface area contributed by atoms with E-state index in [1.807, 2.05) is 19.9 Å². The maximum Gasteiger partial charge on any atom is 0.410 e. The summed E-state index contributed by atoms with van der Waals surface area (Å²) in [4.78, 5) is 28.2. The van der Waals surface area contributed by atoms with E-state index in [-0.39, 0.29) is 12.5 Å². The highest BCUT2D eigenvalue weighted by Crippen LogP contribution is 2.19. The average Bonchev–Trinajstić information content (AvgIpc) is 2.89. The van der Waals surface area contributed by atoms with Crippen LogP contribution in [-0.2, 0) is 9.53 Å². The fourth-order valence-electron chi connectivity index (χ4n) is 3.03. The lowest BCUT2D eigenvalue weighted by atomic mass is 10.1. The highest BCUT2D eigenvalue weighted by molar-refractivity contribution is 5.81. The van der Waals surface area contributed by atoms with Crippen LogP contribution in [0.2, 0.25) is 0 Å². The van der Waals surface area contributed by atoms with Gasteiger partial charge >= 0.3 is 6.09 Å². The van der Waals surface area contributed by atoms with Crippen LogP contribution in [0.1, 0.15) is 45.1 Å². The Morgan fingerprint density at radius 2 is 2.00 bits per heavy atom. The van der Waals surface area contributed by atoms with Gasteiger partial charge in [0.2, 0.25) is 5.91 Å². The SMILES string of the molecule is Cc1cc(C)n([C@@H](C)C(=O)N2CCN(C(=O)OC(C)(C)C)C[C@H]2C#N)n1. The maximum absolute atomic E-state index is 12.9. The van der Waals surface area contributed by atoms with Crippen molar-refractivity contribution in [3.8, 4) is 6.07 Å². The Balaban J connectivity index is 2.09. The Bertz CT molecular complexity index is 728. The fraction of sp³-hybridized carbons (Fsp3) is 0.667. The number of nitriles is 1. The van der Waals surface area contributed by atoms with E-state index in [1.54, 1.807) is 32.4 Å². The van der Waals surface area contributed by atoms with E-state index < -0.39 is 23.8 Å². The Labute approximate surface area is 154 Å². The molecule has 2 atom stereocenters. The molecule has 0 aromatic carbocycles. The summed E-state index contributed by atoms with van der Waals surface area (Å²) in [5.41, 5.74) is 1.13. The minimum Gasteiger partial charge on any atom is -0.444 e. The lowest BCUT2D eigenvalue weighted by Crippen LogP contribution is -2.57. The molecule has 0 N–H and O–H groups in total. The number of aromatic nitrogens is 2. The second-order valence-corrected chi connectivity index (χ2v) is 7.65. The van der Waals surface area contributed by atoms with Crippen LogP contribution < -0.4 is 0 Å². The number of nitrogens with zero attached hydrogens (tertiary/aromatic N) is 5. The molecule has 8 heteroatoms. The second kappa shape index (κ2) is 7.36. The first-order chi connectivity index (χ1) is 12.0. The van der Waals surface area contributed by atoms with Gasteiger partial charge in [-0.2, -0.15) is 10.4 Å². The van der Waals surface area contributed by atoms with Crippen molar-refractivity contribution in [1.82, 2.24) is 19.6 Å². The first kappa shape index (κ1) is 19.8. The van der Waals surface area contributed by atoms with Crippen molar-refractivity contribution in [2.45, 2.75) is 59.2 Å². The first-order valence-electron chi connectivity index (χ1n) is 8.74. The van der Waals surface area contributed by atoms with Crippen LogP contribution in [0, 0.1) is 25.2 Å². The van der Waals surface area contributed by atoms with Gasteiger partial charge in [0.15, 0.2) is 0 Å². The van der Waals surface area contributed by atoms with Crippen molar-refractivity contribution in [2.75, 3.05) is 19.6 Å². The molecule has 2 amide bonds. The summed E-state index contributed by atoms with van der Waals surface area (Å²) in [5, 5.41) is 13.9. The minimum absolute atomic E-state index is 0.140. The molecule has 2 rings (SSSR count). The van der Waals surface area contributed by atoms with Gasteiger partial charge < -0.3 is 14.5 Å². The average molecular weight is 361 g/mol. The molecule has 1 aromatic rings. The molecule has 0 saturated carbocycles. The topological polar surface area (TPSA) is 91.5 Å². The second-order valence-electron chi connectivity index (χ2n) is 7.65. The van der Waals surface area contributed by atoms with Crippen LogP contribution in [-0.4, -0.2) is 62.9 Å². The number of ether oxygens (including phenoxy) is 1. The van der Waals surface area contributed by atoms with Crippen molar-refractivity contribution >= 4 is 12.0 Å². The van der Waals surface area contributed by atoms with E-state index in [0.717, 1.165) is 11.4 Å². The van der Waals surface area contributed by atoms with E-state index >= 15 is 0 Å². The minimum atomic E-state index is -0.705. The van der Waals surface area contributed by atoms with Crippen molar-refractivity contribution in [1.29, 1.82) is 5.26 Å². The van der Waals surface area contributed by atoms with Crippen LogP contribution >= 0.6 is 0 Å². The van der Waals surface area contributed by atoms with Crippen LogP contribution in [0.4, 0.5) is 4.79 Å². The summed E-state index contributed by atoms with van der Waals surface area (Å²) < 4.78 is 7.03. The van der Waals surface area contributed by atoms with Gasteiger partial charge in [0, 0.05) is 18.8 Å². The molecule has 142 valence electrons. The summed E-state index contributed by atoms with van der Waals surface area (Å²) >= 11 is 0. The molecular formula is C18H27N5O3. The van der Waals surface area contributed by atoms with Gasteiger partial charge in [-0.25, -0.2) is 4.79 Å². The highest BCUT2D eigenvalue weighted by Gasteiger charge is 2.36. The normalized spacial score (nSPS) is 19.0. The van der Waals surface area contributed by atoms with E-state index in [1.165, 1.54) is 9.80 Å². The van der Waals surface area contributed by atoms with E-state index in [2.05, 4.69) is 11.2 Å². The summed E-state index contributed by atoms with van der Waals surface area (Å²) in [6.07, 6.45) is -0.462. The molecule has 0 aliphatic carbocycles. The Kier molecular flexibility index (Phi) is 5.59. The molecule has 1 saturated heterocycles. The van der Waals surface area contributed by atoms with E-state index in [4.69, 9.17) is 4.74 Å². The van der Waals surface area contributed by atoms with E-state index in [0.29, 0.717) is 13.1 Å². The fourth-order valence-corrected chi connectivity index (χ4v) is 3.03. The molecule has 1 aromatic heterocycles. The third kappa shape index (κ3) is 4.34. The number of rotatable bonds is 2. The molecule has 2 heterocycles. The highest BCUT2D eigenvalue weighted by atomic mass is 16.6. The van der Waals surface area contributed by atoms with Crippen LogP contribution in [0.5, 0.6) is 0 Å². The monoisotopic (exact) mass is 361 g/mol. The van der Waals surface area contributed by atoms with Gasteiger partial charge in [0.25, 0.3) is 0 Å². The molecule has 1 fully saturated rings. The zero-order chi connectivity index (χ0) is 19.6. The zero-order valence-electron chi connectivity index (χ0n) is 16.3. The summed E-state index contributed by atoms with van der Waals surface area (Å²) in [6, 6.07) is 2.83.